The first kappa shape index (κ1) is 13.3. The molecule has 3 heteroatoms. The minimum atomic E-state index is -0.228. The molecule has 1 aliphatic carbocycles. The third-order valence-corrected chi connectivity index (χ3v) is 4.20. The third kappa shape index (κ3) is 3.02. The Labute approximate surface area is 108 Å². The zero-order valence-electron chi connectivity index (χ0n) is 11.0. The van der Waals surface area contributed by atoms with Gasteiger partial charge in [0, 0.05) is 5.69 Å². The van der Waals surface area contributed by atoms with E-state index in [0.29, 0.717) is 0 Å². The van der Waals surface area contributed by atoms with E-state index in [9.17, 15) is 9.50 Å². The van der Waals surface area contributed by atoms with E-state index in [1.807, 2.05) is 0 Å². The number of aliphatic hydroxyl groups is 1. The van der Waals surface area contributed by atoms with Crippen LogP contribution in [0.2, 0.25) is 0 Å². The summed E-state index contributed by atoms with van der Waals surface area (Å²) in [7, 11) is 0. The van der Waals surface area contributed by atoms with Crippen LogP contribution in [0.15, 0.2) is 24.3 Å². The van der Waals surface area contributed by atoms with Crippen LogP contribution >= 0.6 is 0 Å². The molecule has 100 valence electrons. The van der Waals surface area contributed by atoms with Gasteiger partial charge >= 0.3 is 0 Å². The van der Waals surface area contributed by atoms with Crippen molar-refractivity contribution in [1.29, 1.82) is 0 Å². The monoisotopic (exact) mass is 251 g/mol. The van der Waals surface area contributed by atoms with E-state index < -0.39 is 0 Å². The minimum Gasteiger partial charge on any atom is -0.394 e. The fourth-order valence-corrected chi connectivity index (χ4v) is 2.80. The summed E-state index contributed by atoms with van der Waals surface area (Å²) in [6.07, 6.45) is 5.51. The van der Waals surface area contributed by atoms with Crippen LogP contribution in [0.5, 0.6) is 0 Å². The van der Waals surface area contributed by atoms with Crippen molar-refractivity contribution in [3.05, 3.63) is 30.1 Å². The molecule has 0 amide bonds. The zero-order valence-corrected chi connectivity index (χ0v) is 11.0. The summed E-state index contributed by atoms with van der Waals surface area (Å²) >= 11 is 0. The molecule has 2 nitrogen and oxygen atoms in total. The van der Waals surface area contributed by atoms with E-state index in [-0.39, 0.29) is 18.0 Å². The molecule has 0 radical (unpaired) electrons. The molecule has 2 rings (SSSR count). The molecule has 18 heavy (non-hydrogen) atoms. The Morgan fingerprint density at radius 2 is 1.89 bits per heavy atom. The van der Waals surface area contributed by atoms with Gasteiger partial charge in [-0.3, -0.25) is 0 Å². The summed E-state index contributed by atoms with van der Waals surface area (Å²) in [4.78, 5) is 0. The molecule has 0 bridgehead atoms. The Balaban J connectivity index is 2.03. The van der Waals surface area contributed by atoms with Crippen LogP contribution in [0, 0.1) is 11.7 Å². The maximum Gasteiger partial charge on any atom is 0.123 e. The highest BCUT2D eigenvalue weighted by Crippen LogP contribution is 2.35. The Kier molecular flexibility index (Phi) is 4.23. The smallest absolute Gasteiger partial charge is 0.123 e. The van der Waals surface area contributed by atoms with Crippen LogP contribution in [0.4, 0.5) is 10.1 Å². The van der Waals surface area contributed by atoms with Gasteiger partial charge in [0.05, 0.1) is 12.1 Å². The van der Waals surface area contributed by atoms with Crippen molar-refractivity contribution < 1.29 is 9.50 Å². The quantitative estimate of drug-likeness (QED) is 0.857. The molecule has 1 aromatic carbocycles. The van der Waals surface area contributed by atoms with Crippen molar-refractivity contribution in [2.24, 2.45) is 5.92 Å². The Hall–Kier alpha value is -1.09. The van der Waals surface area contributed by atoms with Gasteiger partial charge in [0.2, 0.25) is 0 Å². The molecule has 2 N–H and O–H groups in total. The van der Waals surface area contributed by atoms with Crippen LogP contribution in [0.3, 0.4) is 0 Å². The number of aliphatic hydroxyl groups excluding tert-OH is 1. The van der Waals surface area contributed by atoms with Crippen molar-refractivity contribution in [1.82, 2.24) is 0 Å². The van der Waals surface area contributed by atoms with Crippen LogP contribution in [0.1, 0.15) is 39.0 Å². The largest absolute Gasteiger partial charge is 0.394 e. The molecule has 0 aromatic heterocycles. The SMILES string of the molecule is CCC1CCC(CO)(Nc2ccc(F)cc2)CC1. The predicted octanol–water partition coefficient (Wildman–Crippen LogP) is 3.57. The Bertz CT molecular complexity index is 369. The number of hydrogen-bond acceptors (Lipinski definition) is 2. The topological polar surface area (TPSA) is 32.3 Å². The summed E-state index contributed by atoms with van der Waals surface area (Å²) in [6, 6.07) is 6.37. The number of rotatable bonds is 4. The van der Waals surface area contributed by atoms with Gasteiger partial charge in [-0.15, -0.1) is 0 Å². The molecule has 1 saturated carbocycles. The van der Waals surface area contributed by atoms with Crippen molar-refractivity contribution in [3.63, 3.8) is 0 Å². The van der Waals surface area contributed by atoms with Crippen LogP contribution in [-0.2, 0) is 0 Å². The lowest BCUT2D eigenvalue weighted by molar-refractivity contribution is 0.150. The number of hydrogen-bond donors (Lipinski definition) is 2. The first-order valence-corrected chi connectivity index (χ1v) is 6.82. The number of anilines is 1. The summed E-state index contributed by atoms with van der Waals surface area (Å²) in [6.45, 7) is 2.37. The Morgan fingerprint density at radius 1 is 1.28 bits per heavy atom. The highest BCUT2D eigenvalue weighted by Gasteiger charge is 2.34. The molecular weight excluding hydrogens is 229 g/mol. The highest BCUT2D eigenvalue weighted by molar-refractivity contribution is 5.45. The average molecular weight is 251 g/mol. The molecule has 0 atom stereocenters. The van der Waals surface area contributed by atoms with Crippen LogP contribution in [0.25, 0.3) is 0 Å². The molecule has 0 saturated heterocycles. The predicted molar refractivity (Wildman–Crippen MR) is 72.1 cm³/mol. The van der Waals surface area contributed by atoms with E-state index in [1.165, 1.54) is 18.6 Å². The van der Waals surface area contributed by atoms with E-state index in [1.54, 1.807) is 12.1 Å². The van der Waals surface area contributed by atoms with Gasteiger partial charge in [0.1, 0.15) is 5.82 Å². The van der Waals surface area contributed by atoms with E-state index in [4.69, 9.17) is 0 Å². The number of halogens is 1. The maximum atomic E-state index is 12.9. The van der Waals surface area contributed by atoms with Crippen LogP contribution in [-0.4, -0.2) is 17.3 Å². The van der Waals surface area contributed by atoms with Crippen molar-refractivity contribution in [3.8, 4) is 0 Å². The lowest BCUT2D eigenvalue weighted by Crippen LogP contribution is -2.45. The second-order valence-corrected chi connectivity index (χ2v) is 5.42. The van der Waals surface area contributed by atoms with Crippen molar-refractivity contribution in [2.45, 2.75) is 44.6 Å². The molecule has 0 unspecified atom stereocenters. The van der Waals surface area contributed by atoms with Gasteiger partial charge in [0.15, 0.2) is 0 Å². The van der Waals surface area contributed by atoms with Gasteiger partial charge in [-0.2, -0.15) is 0 Å². The van der Waals surface area contributed by atoms with Gasteiger partial charge in [-0.1, -0.05) is 13.3 Å². The molecule has 0 spiro atoms. The average Bonchev–Trinajstić information content (AvgIpc) is 2.42. The van der Waals surface area contributed by atoms with Gasteiger partial charge < -0.3 is 10.4 Å². The molecule has 1 aliphatic rings. The minimum absolute atomic E-state index is 0.140. The zero-order chi connectivity index (χ0) is 13.0. The van der Waals surface area contributed by atoms with Gasteiger partial charge in [-0.25, -0.2) is 4.39 Å². The molecule has 0 heterocycles. The maximum absolute atomic E-state index is 12.9. The number of benzene rings is 1. The molecule has 1 fully saturated rings. The summed E-state index contributed by atoms with van der Waals surface area (Å²) in [5.74, 6) is 0.563. The first-order valence-electron chi connectivity index (χ1n) is 6.82. The molecule has 1 aromatic rings. The standard InChI is InChI=1S/C15H22FNO/c1-2-12-7-9-15(11-18,10-8-12)17-14-5-3-13(16)4-6-14/h3-6,12,17-18H,2,7-11H2,1H3. The summed E-state index contributed by atoms with van der Waals surface area (Å²) in [5.41, 5.74) is 0.671. The third-order valence-electron chi connectivity index (χ3n) is 4.20. The normalized spacial score (nSPS) is 28.1. The lowest BCUT2D eigenvalue weighted by atomic mass is 9.76. The Morgan fingerprint density at radius 3 is 2.39 bits per heavy atom. The summed E-state index contributed by atoms with van der Waals surface area (Å²) < 4.78 is 12.9. The lowest BCUT2D eigenvalue weighted by Gasteiger charge is -2.40. The van der Waals surface area contributed by atoms with Gasteiger partial charge in [0.25, 0.3) is 0 Å². The van der Waals surface area contributed by atoms with Gasteiger partial charge in [-0.05, 0) is 55.9 Å². The van der Waals surface area contributed by atoms with Crippen molar-refractivity contribution in [2.75, 3.05) is 11.9 Å². The fraction of sp³-hybridized carbons (Fsp3) is 0.600. The first-order chi connectivity index (χ1) is 8.67. The fourth-order valence-electron chi connectivity index (χ4n) is 2.80. The van der Waals surface area contributed by atoms with E-state index in [0.717, 1.165) is 37.3 Å². The summed E-state index contributed by atoms with van der Waals surface area (Å²) in [5, 5.41) is 13.1. The van der Waals surface area contributed by atoms with E-state index >= 15 is 0 Å². The second kappa shape index (κ2) is 5.70. The molecule has 0 aliphatic heterocycles. The molecular formula is C15H22FNO. The van der Waals surface area contributed by atoms with Crippen LogP contribution < -0.4 is 5.32 Å². The van der Waals surface area contributed by atoms with E-state index in [2.05, 4.69) is 12.2 Å². The number of nitrogens with one attached hydrogen (secondary N) is 1. The second-order valence-electron chi connectivity index (χ2n) is 5.42. The highest BCUT2D eigenvalue weighted by atomic mass is 19.1. The van der Waals surface area contributed by atoms with Crippen molar-refractivity contribution >= 4 is 5.69 Å².